The van der Waals surface area contributed by atoms with Gasteiger partial charge in [-0.2, -0.15) is 0 Å². The van der Waals surface area contributed by atoms with Gasteiger partial charge in [-0.15, -0.1) is 0 Å². The number of pyridine rings is 2. The molecule has 1 N–H and O–H groups in total. The molecular formula is C13H15N3O2. The number of nitrogens with one attached hydrogen (secondary N) is 1. The van der Waals surface area contributed by atoms with Crippen molar-refractivity contribution in [3.05, 3.63) is 30.6 Å². The van der Waals surface area contributed by atoms with Crippen LogP contribution in [0.25, 0.3) is 10.9 Å². The summed E-state index contributed by atoms with van der Waals surface area (Å²) in [6.45, 7) is 5.43. The van der Waals surface area contributed by atoms with E-state index in [1.807, 2.05) is 26.8 Å². The first-order valence-corrected chi connectivity index (χ1v) is 5.65. The number of rotatable bonds is 1. The number of hydrogen-bond acceptors (Lipinski definition) is 4. The first-order chi connectivity index (χ1) is 8.44. The number of amides is 1. The largest absolute Gasteiger partial charge is 0.444 e. The maximum atomic E-state index is 11.6. The molecule has 0 aliphatic carbocycles. The van der Waals surface area contributed by atoms with Gasteiger partial charge in [0.2, 0.25) is 0 Å². The molecule has 0 saturated carbocycles. The third-order valence-electron chi connectivity index (χ3n) is 2.12. The Morgan fingerprint density at radius 3 is 2.78 bits per heavy atom. The van der Waals surface area contributed by atoms with Crippen LogP contribution in [0.3, 0.4) is 0 Å². The van der Waals surface area contributed by atoms with Gasteiger partial charge in [0.25, 0.3) is 0 Å². The van der Waals surface area contributed by atoms with Gasteiger partial charge in [0.15, 0.2) is 0 Å². The number of ether oxygens (including phenoxy) is 1. The Labute approximate surface area is 105 Å². The molecule has 0 radical (unpaired) electrons. The van der Waals surface area contributed by atoms with E-state index < -0.39 is 11.7 Å². The van der Waals surface area contributed by atoms with E-state index in [1.165, 1.54) is 0 Å². The molecule has 0 unspecified atom stereocenters. The number of aromatic nitrogens is 2. The molecule has 0 fully saturated rings. The molecule has 0 atom stereocenters. The summed E-state index contributed by atoms with van der Waals surface area (Å²) in [6, 6.07) is 5.35. The van der Waals surface area contributed by atoms with Crippen LogP contribution >= 0.6 is 0 Å². The lowest BCUT2D eigenvalue weighted by Crippen LogP contribution is -2.27. The maximum absolute atomic E-state index is 11.6. The third kappa shape index (κ3) is 3.16. The molecule has 5 nitrogen and oxygen atoms in total. The Hall–Kier alpha value is -2.17. The highest BCUT2D eigenvalue weighted by atomic mass is 16.6. The van der Waals surface area contributed by atoms with E-state index in [0.29, 0.717) is 5.82 Å². The molecule has 18 heavy (non-hydrogen) atoms. The summed E-state index contributed by atoms with van der Waals surface area (Å²) in [6.07, 6.45) is 2.87. The minimum Gasteiger partial charge on any atom is -0.444 e. The molecule has 0 bridgehead atoms. The molecule has 2 heterocycles. The fourth-order valence-corrected chi connectivity index (χ4v) is 1.44. The summed E-state index contributed by atoms with van der Waals surface area (Å²) in [7, 11) is 0. The number of carbonyl (C=O) groups is 1. The van der Waals surface area contributed by atoms with Crippen molar-refractivity contribution in [2.75, 3.05) is 5.32 Å². The van der Waals surface area contributed by atoms with Crippen LogP contribution in [-0.2, 0) is 4.74 Å². The average Bonchev–Trinajstić information content (AvgIpc) is 2.26. The van der Waals surface area contributed by atoms with Crippen molar-refractivity contribution in [3.8, 4) is 0 Å². The highest BCUT2D eigenvalue weighted by Crippen LogP contribution is 2.14. The lowest BCUT2D eigenvalue weighted by Gasteiger charge is -2.19. The van der Waals surface area contributed by atoms with E-state index in [2.05, 4.69) is 15.3 Å². The number of carbonyl (C=O) groups excluding carboxylic acids is 1. The molecule has 0 saturated heterocycles. The molecule has 5 heteroatoms. The normalized spacial score (nSPS) is 11.3. The SMILES string of the molecule is CC(C)(C)OC(=O)Nc1ccc2cnccc2n1. The minimum atomic E-state index is -0.523. The summed E-state index contributed by atoms with van der Waals surface area (Å²) in [5.41, 5.74) is 0.253. The molecule has 2 aromatic heterocycles. The summed E-state index contributed by atoms with van der Waals surface area (Å²) < 4.78 is 5.15. The van der Waals surface area contributed by atoms with Crippen molar-refractivity contribution in [1.29, 1.82) is 0 Å². The minimum absolute atomic E-state index is 0.461. The van der Waals surface area contributed by atoms with Crippen LogP contribution < -0.4 is 5.32 Å². The predicted molar refractivity (Wildman–Crippen MR) is 69.4 cm³/mol. The lowest BCUT2D eigenvalue weighted by molar-refractivity contribution is 0.0635. The summed E-state index contributed by atoms with van der Waals surface area (Å²) in [5, 5.41) is 3.52. The molecule has 0 aliphatic rings. The molecule has 0 spiro atoms. The Morgan fingerprint density at radius 2 is 2.06 bits per heavy atom. The monoisotopic (exact) mass is 245 g/mol. The smallest absolute Gasteiger partial charge is 0.413 e. The highest BCUT2D eigenvalue weighted by Gasteiger charge is 2.16. The van der Waals surface area contributed by atoms with E-state index in [1.54, 1.807) is 24.5 Å². The summed E-state index contributed by atoms with van der Waals surface area (Å²) in [5.74, 6) is 0.461. The first kappa shape index (κ1) is 12.3. The van der Waals surface area contributed by atoms with Crippen LogP contribution in [0.2, 0.25) is 0 Å². The van der Waals surface area contributed by atoms with Gasteiger partial charge >= 0.3 is 6.09 Å². The van der Waals surface area contributed by atoms with Crippen LogP contribution in [-0.4, -0.2) is 21.7 Å². The Morgan fingerprint density at radius 1 is 1.28 bits per heavy atom. The van der Waals surface area contributed by atoms with Crippen LogP contribution in [0.5, 0.6) is 0 Å². The van der Waals surface area contributed by atoms with Crippen molar-refractivity contribution in [2.45, 2.75) is 26.4 Å². The van der Waals surface area contributed by atoms with E-state index in [-0.39, 0.29) is 0 Å². The molecule has 94 valence electrons. The van der Waals surface area contributed by atoms with Gasteiger partial charge in [0, 0.05) is 17.8 Å². The second kappa shape index (κ2) is 4.60. The second-order valence-corrected chi connectivity index (χ2v) is 4.89. The van der Waals surface area contributed by atoms with Gasteiger partial charge in [-0.05, 0) is 39.0 Å². The maximum Gasteiger partial charge on any atom is 0.413 e. The van der Waals surface area contributed by atoms with Crippen molar-refractivity contribution in [2.24, 2.45) is 0 Å². The molecule has 0 aromatic carbocycles. The van der Waals surface area contributed by atoms with Crippen LogP contribution in [0.15, 0.2) is 30.6 Å². The van der Waals surface area contributed by atoms with Crippen molar-refractivity contribution in [1.82, 2.24) is 9.97 Å². The Kier molecular flexibility index (Phi) is 3.14. The molecular weight excluding hydrogens is 230 g/mol. The number of nitrogens with zero attached hydrogens (tertiary/aromatic N) is 2. The number of fused-ring (bicyclic) bond motifs is 1. The standard InChI is InChI=1S/C13H15N3O2/c1-13(2,3)18-12(17)16-11-5-4-9-8-14-7-6-10(9)15-11/h4-8H,1-3H3,(H,15,16,17). The van der Waals surface area contributed by atoms with E-state index in [0.717, 1.165) is 10.9 Å². The van der Waals surface area contributed by atoms with Gasteiger partial charge in [0.1, 0.15) is 11.4 Å². The molecule has 0 aliphatic heterocycles. The van der Waals surface area contributed by atoms with Crippen molar-refractivity contribution in [3.63, 3.8) is 0 Å². The van der Waals surface area contributed by atoms with Crippen LogP contribution in [0.1, 0.15) is 20.8 Å². The van der Waals surface area contributed by atoms with Gasteiger partial charge < -0.3 is 4.74 Å². The molecule has 1 amide bonds. The second-order valence-electron chi connectivity index (χ2n) is 4.89. The van der Waals surface area contributed by atoms with Gasteiger partial charge in [-0.3, -0.25) is 10.3 Å². The summed E-state index contributed by atoms with van der Waals surface area (Å²) in [4.78, 5) is 19.9. The zero-order chi connectivity index (χ0) is 13.2. The first-order valence-electron chi connectivity index (χ1n) is 5.65. The fourth-order valence-electron chi connectivity index (χ4n) is 1.44. The van der Waals surface area contributed by atoms with Crippen molar-refractivity contribution >= 4 is 22.8 Å². The Bertz CT molecular complexity index is 576. The van der Waals surface area contributed by atoms with E-state index in [4.69, 9.17) is 4.74 Å². The quantitative estimate of drug-likeness (QED) is 0.838. The Balaban J connectivity index is 2.15. The van der Waals surface area contributed by atoms with Gasteiger partial charge in [-0.25, -0.2) is 9.78 Å². The number of anilines is 1. The highest BCUT2D eigenvalue weighted by molar-refractivity contribution is 5.86. The average molecular weight is 245 g/mol. The molecule has 2 aromatic rings. The van der Waals surface area contributed by atoms with Crippen molar-refractivity contribution < 1.29 is 9.53 Å². The van der Waals surface area contributed by atoms with E-state index >= 15 is 0 Å². The number of hydrogen-bond donors (Lipinski definition) is 1. The van der Waals surface area contributed by atoms with Crippen LogP contribution in [0.4, 0.5) is 10.6 Å². The van der Waals surface area contributed by atoms with Crippen LogP contribution in [0, 0.1) is 0 Å². The summed E-state index contributed by atoms with van der Waals surface area (Å²) >= 11 is 0. The van der Waals surface area contributed by atoms with Gasteiger partial charge in [-0.1, -0.05) is 0 Å². The predicted octanol–water partition coefficient (Wildman–Crippen LogP) is 2.98. The zero-order valence-corrected chi connectivity index (χ0v) is 10.6. The molecule has 2 rings (SSSR count). The topological polar surface area (TPSA) is 64.1 Å². The lowest BCUT2D eigenvalue weighted by atomic mass is 10.2. The van der Waals surface area contributed by atoms with Gasteiger partial charge in [0.05, 0.1) is 5.52 Å². The van der Waals surface area contributed by atoms with E-state index in [9.17, 15) is 4.79 Å². The fraction of sp³-hybridized carbons (Fsp3) is 0.308. The third-order valence-corrected chi connectivity index (χ3v) is 2.12. The zero-order valence-electron chi connectivity index (χ0n) is 10.6.